The zero-order valence-electron chi connectivity index (χ0n) is 12.3. The normalized spacial score (nSPS) is 16.7. The molecule has 22 heavy (non-hydrogen) atoms. The standard InChI is InChI=1S/C16H17N3O2S/c1-10-5-6-13-11(8-10)9-14(22-13)16(21)19-18-15(20)12-4-2-3-7-17-12/h2-4,7,9-10H,5-6,8H2,1H3,(H,18,20)(H,19,21). The van der Waals surface area contributed by atoms with Gasteiger partial charge in [0.25, 0.3) is 11.8 Å². The van der Waals surface area contributed by atoms with Crippen LogP contribution in [0.5, 0.6) is 0 Å². The molecule has 0 spiro atoms. The molecule has 2 aromatic heterocycles. The fourth-order valence-electron chi connectivity index (χ4n) is 2.55. The van der Waals surface area contributed by atoms with Crippen LogP contribution in [0.1, 0.15) is 43.9 Å². The Morgan fingerprint density at radius 1 is 1.27 bits per heavy atom. The number of hydrogen-bond acceptors (Lipinski definition) is 4. The SMILES string of the molecule is CC1CCc2sc(C(=O)NNC(=O)c3ccccn3)cc2C1. The minimum absolute atomic E-state index is 0.266. The van der Waals surface area contributed by atoms with E-state index in [1.807, 2.05) is 6.07 Å². The third kappa shape index (κ3) is 3.17. The van der Waals surface area contributed by atoms with Gasteiger partial charge in [-0.1, -0.05) is 13.0 Å². The van der Waals surface area contributed by atoms with Gasteiger partial charge in [-0.05, 0) is 48.9 Å². The zero-order valence-corrected chi connectivity index (χ0v) is 13.1. The van der Waals surface area contributed by atoms with Crippen molar-refractivity contribution in [3.05, 3.63) is 51.5 Å². The summed E-state index contributed by atoms with van der Waals surface area (Å²) in [4.78, 5) is 29.8. The highest BCUT2D eigenvalue weighted by molar-refractivity contribution is 7.14. The van der Waals surface area contributed by atoms with Crippen molar-refractivity contribution in [1.29, 1.82) is 0 Å². The summed E-state index contributed by atoms with van der Waals surface area (Å²) in [7, 11) is 0. The van der Waals surface area contributed by atoms with E-state index in [-0.39, 0.29) is 11.6 Å². The van der Waals surface area contributed by atoms with Crippen molar-refractivity contribution in [2.45, 2.75) is 26.2 Å². The van der Waals surface area contributed by atoms with Crippen molar-refractivity contribution in [2.24, 2.45) is 5.92 Å². The third-order valence-electron chi connectivity index (χ3n) is 3.74. The Bertz CT molecular complexity index is 697. The average Bonchev–Trinajstić information content (AvgIpc) is 2.96. The van der Waals surface area contributed by atoms with E-state index in [4.69, 9.17) is 0 Å². The van der Waals surface area contributed by atoms with Gasteiger partial charge in [-0.25, -0.2) is 0 Å². The molecular weight excluding hydrogens is 298 g/mol. The Morgan fingerprint density at radius 2 is 2.09 bits per heavy atom. The van der Waals surface area contributed by atoms with Gasteiger partial charge in [-0.3, -0.25) is 25.4 Å². The summed E-state index contributed by atoms with van der Waals surface area (Å²) in [5.74, 6) is -0.0397. The van der Waals surface area contributed by atoms with Crippen LogP contribution >= 0.6 is 11.3 Å². The molecule has 2 heterocycles. The maximum absolute atomic E-state index is 12.1. The Kier molecular flexibility index (Phi) is 4.20. The highest BCUT2D eigenvalue weighted by Gasteiger charge is 2.21. The number of carbonyl (C=O) groups excluding carboxylic acids is 2. The maximum atomic E-state index is 12.1. The molecule has 0 aromatic carbocycles. The summed E-state index contributed by atoms with van der Waals surface area (Å²) in [6, 6.07) is 6.98. The van der Waals surface area contributed by atoms with Gasteiger partial charge in [0.2, 0.25) is 0 Å². The van der Waals surface area contributed by atoms with Crippen LogP contribution in [0.3, 0.4) is 0 Å². The topological polar surface area (TPSA) is 71.1 Å². The fraction of sp³-hybridized carbons (Fsp3) is 0.312. The molecule has 5 nitrogen and oxygen atoms in total. The molecule has 2 aromatic rings. The smallest absolute Gasteiger partial charge is 0.266 e. The van der Waals surface area contributed by atoms with Crippen molar-refractivity contribution in [2.75, 3.05) is 0 Å². The van der Waals surface area contributed by atoms with Crippen molar-refractivity contribution in [1.82, 2.24) is 15.8 Å². The molecule has 0 bridgehead atoms. The predicted molar refractivity (Wildman–Crippen MR) is 84.7 cm³/mol. The lowest BCUT2D eigenvalue weighted by atomic mass is 9.90. The molecule has 1 aliphatic rings. The average molecular weight is 315 g/mol. The molecule has 0 radical (unpaired) electrons. The lowest BCUT2D eigenvalue weighted by Crippen LogP contribution is -2.41. The molecule has 0 saturated heterocycles. The van der Waals surface area contributed by atoms with Gasteiger partial charge in [-0.15, -0.1) is 11.3 Å². The van der Waals surface area contributed by atoms with E-state index >= 15 is 0 Å². The lowest BCUT2D eigenvalue weighted by molar-refractivity contribution is 0.0846. The van der Waals surface area contributed by atoms with Gasteiger partial charge in [0.05, 0.1) is 4.88 Å². The highest BCUT2D eigenvalue weighted by Crippen LogP contribution is 2.32. The van der Waals surface area contributed by atoms with E-state index in [1.165, 1.54) is 34.4 Å². The Balaban J connectivity index is 1.62. The number of rotatable bonds is 2. The molecule has 6 heteroatoms. The molecule has 0 fully saturated rings. The molecule has 0 saturated carbocycles. The quantitative estimate of drug-likeness (QED) is 0.836. The molecule has 3 rings (SSSR count). The van der Waals surface area contributed by atoms with E-state index in [9.17, 15) is 9.59 Å². The Morgan fingerprint density at radius 3 is 2.86 bits per heavy atom. The van der Waals surface area contributed by atoms with Gasteiger partial charge in [0.15, 0.2) is 0 Å². The van der Waals surface area contributed by atoms with Crippen LogP contribution in [-0.2, 0) is 12.8 Å². The van der Waals surface area contributed by atoms with Gasteiger partial charge in [0, 0.05) is 11.1 Å². The van der Waals surface area contributed by atoms with Gasteiger partial charge >= 0.3 is 0 Å². The second-order valence-electron chi connectivity index (χ2n) is 5.53. The summed E-state index contributed by atoms with van der Waals surface area (Å²) in [5.41, 5.74) is 6.38. The second-order valence-corrected chi connectivity index (χ2v) is 6.67. The van der Waals surface area contributed by atoms with Crippen LogP contribution in [0.2, 0.25) is 0 Å². The summed E-state index contributed by atoms with van der Waals surface area (Å²) >= 11 is 1.51. The lowest BCUT2D eigenvalue weighted by Gasteiger charge is -2.16. The number of nitrogens with zero attached hydrogens (tertiary/aromatic N) is 1. The maximum Gasteiger partial charge on any atom is 0.288 e. The summed E-state index contributed by atoms with van der Waals surface area (Å²) in [6.07, 6.45) is 4.77. The van der Waals surface area contributed by atoms with E-state index in [1.54, 1.807) is 18.2 Å². The van der Waals surface area contributed by atoms with Gasteiger partial charge in [0.1, 0.15) is 5.69 Å². The number of amides is 2. The van der Waals surface area contributed by atoms with Crippen LogP contribution in [0.25, 0.3) is 0 Å². The Labute approximate surface area is 132 Å². The first-order valence-corrected chi connectivity index (χ1v) is 8.08. The van der Waals surface area contributed by atoms with Gasteiger partial charge < -0.3 is 0 Å². The minimum atomic E-state index is -0.427. The number of carbonyl (C=O) groups is 2. The Hall–Kier alpha value is -2.21. The van der Waals surface area contributed by atoms with Crippen LogP contribution in [0.4, 0.5) is 0 Å². The van der Waals surface area contributed by atoms with Gasteiger partial charge in [-0.2, -0.15) is 0 Å². The number of thiophene rings is 1. The molecule has 2 N–H and O–H groups in total. The van der Waals surface area contributed by atoms with E-state index in [0.717, 1.165) is 12.8 Å². The van der Waals surface area contributed by atoms with Crippen LogP contribution in [0, 0.1) is 5.92 Å². The van der Waals surface area contributed by atoms with Crippen molar-refractivity contribution in [3.8, 4) is 0 Å². The largest absolute Gasteiger partial charge is 0.288 e. The first-order valence-electron chi connectivity index (χ1n) is 7.27. The summed E-state index contributed by atoms with van der Waals surface area (Å²) in [5, 5.41) is 0. The van der Waals surface area contributed by atoms with Crippen molar-refractivity contribution in [3.63, 3.8) is 0 Å². The first-order chi connectivity index (χ1) is 10.6. The summed E-state index contributed by atoms with van der Waals surface area (Å²) < 4.78 is 0. The fourth-order valence-corrected chi connectivity index (χ4v) is 3.66. The molecule has 1 aliphatic carbocycles. The molecule has 1 unspecified atom stereocenters. The van der Waals surface area contributed by atoms with Crippen LogP contribution in [-0.4, -0.2) is 16.8 Å². The predicted octanol–water partition coefficient (Wildman–Crippen LogP) is 2.34. The van der Waals surface area contributed by atoms with E-state index < -0.39 is 5.91 Å². The number of fused-ring (bicyclic) bond motifs is 1. The number of aromatic nitrogens is 1. The number of nitrogens with one attached hydrogen (secondary N) is 2. The van der Waals surface area contributed by atoms with Crippen LogP contribution < -0.4 is 10.9 Å². The number of hydrazine groups is 1. The molecule has 0 aliphatic heterocycles. The third-order valence-corrected chi connectivity index (χ3v) is 4.98. The highest BCUT2D eigenvalue weighted by atomic mass is 32.1. The second kappa shape index (κ2) is 6.27. The number of hydrogen-bond donors (Lipinski definition) is 2. The van der Waals surface area contributed by atoms with Crippen molar-refractivity contribution < 1.29 is 9.59 Å². The number of aryl methyl sites for hydroxylation is 1. The molecule has 1 atom stereocenters. The van der Waals surface area contributed by atoms with Crippen LogP contribution in [0.15, 0.2) is 30.5 Å². The molecule has 2 amide bonds. The van der Waals surface area contributed by atoms with Crippen molar-refractivity contribution >= 4 is 23.2 Å². The first kappa shape index (κ1) is 14.7. The summed E-state index contributed by atoms with van der Waals surface area (Å²) in [6.45, 7) is 2.23. The monoisotopic (exact) mass is 315 g/mol. The molecule has 114 valence electrons. The van der Waals surface area contributed by atoms with E-state index in [0.29, 0.717) is 10.8 Å². The number of pyridine rings is 1. The van der Waals surface area contributed by atoms with E-state index in [2.05, 4.69) is 22.8 Å². The zero-order chi connectivity index (χ0) is 15.5. The minimum Gasteiger partial charge on any atom is -0.266 e. The molecular formula is C16H17N3O2S.